The minimum Gasteiger partial charge on any atom is -0.394 e. The number of aliphatic hydroxyl groups excluding tert-OH is 2. The smallest absolute Gasteiger partial charge is 0.272 e. The van der Waals surface area contributed by atoms with Gasteiger partial charge in [-0.05, 0) is 0 Å². The summed E-state index contributed by atoms with van der Waals surface area (Å²) in [6.45, 7) is -0.392. The van der Waals surface area contributed by atoms with Crippen LogP contribution in [0.2, 0.25) is 0 Å². The van der Waals surface area contributed by atoms with E-state index in [2.05, 4.69) is 4.98 Å². The molecule has 7 heteroatoms. The first-order valence-electron chi connectivity index (χ1n) is 4.79. The zero-order chi connectivity index (χ0) is 11.8. The molecule has 1 aliphatic heterocycles. The molecule has 0 amide bonds. The first kappa shape index (κ1) is 11.2. The van der Waals surface area contributed by atoms with Crippen LogP contribution < -0.4 is 5.56 Å². The molecule has 7 nitrogen and oxygen atoms in total. The Balaban J connectivity index is 2.27. The van der Waals surface area contributed by atoms with Gasteiger partial charge in [0.25, 0.3) is 11.5 Å². The average molecular weight is 228 g/mol. The van der Waals surface area contributed by atoms with E-state index in [-0.39, 0.29) is 6.42 Å². The molecule has 1 aliphatic rings. The van der Waals surface area contributed by atoms with E-state index in [0.29, 0.717) is 0 Å². The van der Waals surface area contributed by atoms with E-state index < -0.39 is 30.3 Å². The molecule has 0 radical (unpaired) electrons. The van der Waals surface area contributed by atoms with E-state index in [9.17, 15) is 15.0 Å². The normalized spacial score (nSPS) is 34.2. The van der Waals surface area contributed by atoms with E-state index in [1.165, 1.54) is 16.8 Å². The minimum absolute atomic E-state index is 0.0945. The van der Waals surface area contributed by atoms with Crippen molar-refractivity contribution in [1.29, 1.82) is 0 Å². The second-order valence-corrected chi connectivity index (χ2v) is 3.66. The number of hydrogen-bond donors (Lipinski definition) is 3. The number of rotatable bonds is 2. The van der Waals surface area contributed by atoms with Gasteiger partial charge in [-0.2, -0.15) is 4.98 Å². The lowest BCUT2D eigenvalue weighted by molar-refractivity contribution is -0.257. The van der Waals surface area contributed by atoms with Crippen molar-refractivity contribution >= 4 is 0 Å². The van der Waals surface area contributed by atoms with E-state index in [4.69, 9.17) is 9.84 Å². The lowest BCUT2D eigenvalue weighted by Gasteiger charge is -2.24. The maximum atomic E-state index is 10.8. The summed E-state index contributed by atoms with van der Waals surface area (Å²) in [4.78, 5) is 14.3. The molecule has 3 N–H and O–H groups in total. The van der Waals surface area contributed by atoms with Gasteiger partial charge in [-0.1, -0.05) is 0 Å². The van der Waals surface area contributed by atoms with Crippen molar-refractivity contribution in [2.75, 3.05) is 6.61 Å². The Morgan fingerprint density at radius 1 is 1.69 bits per heavy atom. The topological polar surface area (TPSA) is 105 Å². The predicted octanol–water partition coefficient (Wildman–Crippen LogP) is -2.01. The van der Waals surface area contributed by atoms with Gasteiger partial charge in [-0.3, -0.25) is 9.36 Å². The van der Waals surface area contributed by atoms with Crippen LogP contribution in [0.15, 0.2) is 23.4 Å². The molecule has 16 heavy (non-hydrogen) atoms. The highest BCUT2D eigenvalue weighted by Gasteiger charge is 2.45. The zero-order valence-electron chi connectivity index (χ0n) is 8.35. The predicted molar refractivity (Wildman–Crippen MR) is 51.3 cm³/mol. The van der Waals surface area contributed by atoms with Crippen molar-refractivity contribution in [1.82, 2.24) is 9.55 Å². The number of hydrogen-bond acceptors (Lipinski definition) is 6. The van der Waals surface area contributed by atoms with Crippen LogP contribution >= 0.6 is 0 Å². The Labute approximate surface area is 90.6 Å². The highest BCUT2D eigenvalue weighted by atomic mass is 16.7. The summed E-state index contributed by atoms with van der Waals surface area (Å²) in [5, 5.41) is 28.4. The van der Waals surface area contributed by atoms with Gasteiger partial charge >= 0.3 is 0 Å². The monoisotopic (exact) mass is 228 g/mol. The lowest BCUT2D eigenvalue weighted by Crippen LogP contribution is -2.34. The van der Waals surface area contributed by atoms with Crippen LogP contribution in [0.4, 0.5) is 0 Å². The Kier molecular flexibility index (Phi) is 2.76. The minimum atomic E-state index is -1.77. The molecule has 3 atom stereocenters. The second-order valence-electron chi connectivity index (χ2n) is 3.66. The summed E-state index contributed by atoms with van der Waals surface area (Å²) in [7, 11) is 0. The lowest BCUT2D eigenvalue weighted by atomic mass is 10.2. The van der Waals surface area contributed by atoms with Crippen LogP contribution in [0.3, 0.4) is 0 Å². The molecule has 1 aromatic heterocycles. The molecular weight excluding hydrogens is 216 g/mol. The molecule has 0 unspecified atom stereocenters. The summed E-state index contributed by atoms with van der Waals surface area (Å²) in [5.74, 6) is -1.77. The molecule has 0 bridgehead atoms. The standard InChI is InChI=1S/C9H12N2O5/c12-4-7-6(13)3-9(15,16-7)11-2-1-8(14)10-5-11/h1-2,5-7,12-13,15H,3-4H2/t6-,7-,9-/m1/s1. The Morgan fingerprint density at radius 2 is 2.44 bits per heavy atom. The highest BCUT2D eigenvalue weighted by molar-refractivity contribution is 4.90. The number of aromatic nitrogens is 2. The highest BCUT2D eigenvalue weighted by Crippen LogP contribution is 2.31. The third-order valence-corrected chi connectivity index (χ3v) is 2.51. The summed E-state index contributed by atoms with van der Waals surface area (Å²) < 4.78 is 6.29. The molecule has 1 fully saturated rings. The van der Waals surface area contributed by atoms with Crippen LogP contribution in [-0.2, 0) is 10.6 Å². The molecule has 0 aliphatic carbocycles. The summed E-state index contributed by atoms with van der Waals surface area (Å²) in [5.41, 5.74) is -0.433. The third-order valence-electron chi connectivity index (χ3n) is 2.51. The first-order valence-corrected chi connectivity index (χ1v) is 4.79. The molecule has 1 aromatic rings. The number of aliphatic hydroxyl groups is 3. The van der Waals surface area contributed by atoms with Crippen LogP contribution in [0.5, 0.6) is 0 Å². The van der Waals surface area contributed by atoms with Gasteiger partial charge in [-0.25, -0.2) is 0 Å². The Morgan fingerprint density at radius 3 is 2.94 bits per heavy atom. The van der Waals surface area contributed by atoms with Crippen molar-refractivity contribution in [3.8, 4) is 0 Å². The first-order chi connectivity index (χ1) is 7.55. The molecule has 2 heterocycles. The molecule has 0 aromatic carbocycles. The summed E-state index contributed by atoms with van der Waals surface area (Å²) in [6.07, 6.45) is 0.526. The molecule has 2 rings (SSSR count). The molecule has 1 saturated heterocycles. The maximum Gasteiger partial charge on any atom is 0.272 e. The Bertz CT molecular complexity index is 414. The van der Waals surface area contributed by atoms with Crippen molar-refractivity contribution in [2.45, 2.75) is 24.5 Å². The van der Waals surface area contributed by atoms with E-state index in [1.54, 1.807) is 0 Å². The fourth-order valence-electron chi connectivity index (χ4n) is 1.65. The Hall–Kier alpha value is -1.28. The van der Waals surface area contributed by atoms with Crippen molar-refractivity contribution in [3.05, 3.63) is 28.9 Å². The van der Waals surface area contributed by atoms with E-state index in [1.807, 2.05) is 0 Å². The van der Waals surface area contributed by atoms with Crippen molar-refractivity contribution < 1.29 is 20.1 Å². The quantitative estimate of drug-likeness (QED) is 0.540. The van der Waals surface area contributed by atoms with Crippen molar-refractivity contribution in [3.63, 3.8) is 0 Å². The maximum absolute atomic E-state index is 10.8. The fourth-order valence-corrected chi connectivity index (χ4v) is 1.65. The van der Waals surface area contributed by atoms with Gasteiger partial charge in [0, 0.05) is 12.3 Å². The van der Waals surface area contributed by atoms with E-state index >= 15 is 0 Å². The number of nitrogens with zero attached hydrogens (tertiary/aromatic N) is 2. The SMILES string of the molecule is O=c1ccn([C@@]2(O)C[C@@H](O)[C@@H](CO)O2)cn1. The fraction of sp³-hybridized carbons (Fsp3) is 0.556. The number of ether oxygens (including phenoxy) is 1. The van der Waals surface area contributed by atoms with Crippen LogP contribution in [0.25, 0.3) is 0 Å². The molecule has 0 spiro atoms. The second kappa shape index (κ2) is 3.95. The average Bonchev–Trinajstić information content (AvgIpc) is 2.55. The van der Waals surface area contributed by atoms with Gasteiger partial charge in [0.2, 0.25) is 0 Å². The van der Waals surface area contributed by atoms with Crippen LogP contribution in [0, 0.1) is 0 Å². The van der Waals surface area contributed by atoms with Gasteiger partial charge in [0.15, 0.2) is 0 Å². The summed E-state index contributed by atoms with van der Waals surface area (Å²) in [6, 6.07) is 1.17. The van der Waals surface area contributed by atoms with Gasteiger partial charge in [-0.15, -0.1) is 0 Å². The van der Waals surface area contributed by atoms with Crippen molar-refractivity contribution in [2.24, 2.45) is 0 Å². The zero-order valence-corrected chi connectivity index (χ0v) is 8.35. The summed E-state index contributed by atoms with van der Waals surface area (Å²) >= 11 is 0. The molecular formula is C9H12N2O5. The van der Waals surface area contributed by atoms with Crippen LogP contribution in [0.1, 0.15) is 6.42 Å². The van der Waals surface area contributed by atoms with Gasteiger partial charge < -0.3 is 20.1 Å². The van der Waals surface area contributed by atoms with E-state index in [0.717, 1.165) is 6.33 Å². The van der Waals surface area contributed by atoms with Gasteiger partial charge in [0.05, 0.1) is 19.1 Å². The third kappa shape index (κ3) is 1.85. The largest absolute Gasteiger partial charge is 0.394 e. The molecule has 88 valence electrons. The molecule has 0 saturated carbocycles. The van der Waals surface area contributed by atoms with Crippen LogP contribution in [-0.4, -0.2) is 43.7 Å². The van der Waals surface area contributed by atoms with Gasteiger partial charge in [0.1, 0.15) is 12.4 Å².